The second kappa shape index (κ2) is 8.82. The molecule has 0 aliphatic rings. The molecule has 0 saturated carbocycles. The number of phenols is 3. The van der Waals surface area contributed by atoms with Crippen LogP contribution in [0.1, 0.15) is 0 Å². The molecule has 0 saturated heterocycles. The fourth-order valence-corrected chi connectivity index (χ4v) is 5.14. The maximum atomic E-state index is 10.0. The molecule has 6 nitrogen and oxygen atoms in total. The lowest BCUT2D eigenvalue weighted by atomic mass is 10.0. The molecule has 0 radical (unpaired) electrons. The average Bonchev–Trinajstić information content (AvgIpc) is 2.95. The van der Waals surface area contributed by atoms with Gasteiger partial charge in [0.1, 0.15) is 17.2 Å². The highest BCUT2D eigenvalue weighted by atomic mass is 16.3. The Morgan fingerprint density at radius 2 is 0.667 bits per heavy atom. The first-order chi connectivity index (χ1) is 19.0. The Morgan fingerprint density at radius 1 is 0.359 bits per heavy atom. The van der Waals surface area contributed by atoms with Gasteiger partial charge in [-0.3, -0.25) is 0 Å². The number of fused-ring (bicyclic) bond motifs is 3. The molecule has 7 rings (SSSR count). The molecule has 1 aromatic heterocycles. The molecule has 39 heavy (non-hydrogen) atoms. The van der Waals surface area contributed by atoms with Crippen LogP contribution in [-0.2, 0) is 0 Å². The highest BCUT2D eigenvalue weighted by molar-refractivity contribution is 6.00. The maximum Gasteiger partial charge on any atom is 0.164 e. The van der Waals surface area contributed by atoms with Gasteiger partial charge in [-0.25, -0.2) is 15.0 Å². The molecule has 0 aliphatic heterocycles. The van der Waals surface area contributed by atoms with Crippen LogP contribution in [0.4, 0.5) is 0 Å². The number of nitrogens with zero attached hydrogens (tertiary/aromatic N) is 3. The molecular formula is C33H21N3O3. The van der Waals surface area contributed by atoms with Crippen LogP contribution in [0.2, 0.25) is 0 Å². The molecule has 0 fully saturated rings. The van der Waals surface area contributed by atoms with E-state index in [0.717, 1.165) is 49.0 Å². The van der Waals surface area contributed by atoms with E-state index in [4.69, 9.17) is 15.0 Å². The zero-order valence-electron chi connectivity index (χ0n) is 20.6. The summed E-state index contributed by atoms with van der Waals surface area (Å²) in [6, 6.07) is 33.2. The maximum absolute atomic E-state index is 10.0. The molecular weight excluding hydrogens is 486 g/mol. The number of aromatic hydroxyl groups is 3. The predicted octanol–water partition coefficient (Wildman–Crippen LogP) is 7.45. The molecule has 3 N–H and O–H groups in total. The fraction of sp³-hybridized carbons (Fsp3) is 0. The van der Waals surface area contributed by atoms with E-state index in [1.807, 2.05) is 72.8 Å². The Labute approximate surface area is 223 Å². The monoisotopic (exact) mass is 507 g/mol. The number of benzene rings is 6. The average molecular weight is 508 g/mol. The summed E-state index contributed by atoms with van der Waals surface area (Å²) in [5.74, 6) is 2.06. The van der Waals surface area contributed by atoms with Crippen molar-refractivity contribution in [2.45, 2.75) is 0 Å². The third-order valence-corrected chi connectivity index (χ3v) is 6.95. The lowest BCUT2D eigenvalue weighted by molar-refractivity contribution is 0.475. The van der Waals surface area contributed by atoms with E-state index in [1.165, 1.54) is 0 Å². The minimum absolute atomic E-state index is 0.190. The largest absolute Gasteiger partial charge is 0.508 e. The van der Waals surface area contributed by atoms with Gasteiger partial charge in [0.05, 0.1) is 0 Å². The lowest BCUT2D eigenvalue weighted by Gasteiger charge is -2.13. The zero-order valence-corrected chi connectivity index (χ0v) is 20.6. The first-order valence-electron chi connectivity index (χ1n) is 12.5. The summed E-state index contributed by atoms with van der Waals surface area (Å²) < 4.78 is 0. The Hall–Kier alpha value is -5.49. The topological polar surface area (TPSA) is 99.4 Å². The van der Waals surface area contributed by atoms with Gasteiger partial charge in [0.15, 0.2) is 17.5 Å². The lowest BCUT2D eigenvalue weighted by Crippen LogP contribution is -2.01. The van der Waals surface area contributed by atoms with E-state index in [-0.39, 0.29) is 17.2 Å². The second-order valence-corrected chi connectivity index (χ2v) is 9.44. The van der Waals surface area contributed by atoms with E-state index in [1.54, 1.807) is 36.4 Å². The van der Waals surface area contributed by atoms with Gasteiger partial charge in [-0.1, -0.05) is 54.6 Å². The molecule has 0 amide bonds. The van der Waals surface area contributed by atoms with Gasteiger partial charge < -0.3 is 15.3 Å². The molecule has 0 unspecified atom stereocenters. The van der Waals surface area contributed by atoms with E-state index in [9.17, 15) is 15.3 Å². The predicted molar refractivity (Wildman–Crippen MR) is 154 cm³/mol. The van der Waals surface area contributed by atoms with Crippen LogP contribution in [0.15, 0.2) is 109 Å². The van der Waals surface area contributed by atoms with E-state index < -0.39 is 0 Å². The number of hydrogen-bond donors (Lipinski definition) is 3. The summed E-state index contributed by atoms with van der Waals surface area (Å²) in [7, 11) is 0. The van der Waals surface area contributed by atoms with Crippen molar-refractivity contribution in [1.29, 1.82) is 0 Å². The summed E-state index contributed by atoms with van der Waals surface area (Å²) in [6.07, 6.45) is 0. The second-order valence-electron chi connectivity index (χ2n) is 9.44. The SMILES string of the molecule is Oc1ccc2c(-c3nc(-c4cccc5cc(O)ccc45)nc(-c4cccc5cc(O)ccc45)n3)cccc2c1. The summed E-state index contributed by atoms with van der Waals surface area (Å²) in [5.41, 5.74) is 2.44. The first-order valence-corrected chi connectivity index (χ1v) is 12.5. The van der Waals surface area contributed by atoms with Crippen LogP contribution in [-0.4, -0.2) is 30.3 Å². The molecule has 6 heteroatoms. The van der Waals surface area contributed by atoms with Crippen molar-refractivity contribution in [3.63, 3.8) is 0 Å². The Morgan fingerprint density at radius 3 is 0.974 bits per heavy atom. The number of rotatable bonds is 3. The van der Waals surface area contributed by atoms with Crippen LogP contribution in [0.25, 0.3) is 66.5 Å². The summed E-state index contributed by atoms with van der Waals surface area (Å²) in [4.78, 5) is 14.9. The molecule has 6 aromatic carbocycles. The van der Waals surface area contributed by atoms with Crippen LogP contribution in [0.3, 0.4) is 0 Å². The molecule has 0 bridgehead atoms. The molecule has 7 aromatic rings. The van der Waals surface area contributed by atoms with Gasteiger partial charge in [-0.05, 0) is 86.9 Å². The number of hydrogen-bond acceptors (Lipinski definition) is 6. The van der Waals surface area contributed by atoms with Gasteiger partial charge in [-0.2, -0.15) is 0 Å². The quantitative estimate of drug-likeness (QED) is 0.230. The van der Waals surface area contributed by atoms with Crippen LogP contribution < -0.4 is 0 Å². The third kappa shape index (κ3) is 3.95. The standard InChI is InChI=1S/C33H21N3O3/c37-22-10-13-25-19(16-22)4-1-7-28(25)31-34-32(29-8-2-5-20-17-23(38)11-14-26(20)29)36-33(35-31)30-9-3-6-21-18-24(39)12-15-27(21)30/h1-18,37-39H. The smallest absolute Gasteiger partial charge is 0.164 e. The van der Waals surface area contributed by atoms with Crippen molar-refractivity contribution in [2.24, 2.45) is 0 Å². The molecule has 186 valence electrons. The van der Waals surface area contributed by atoms with Crippen molar-refractivity contribution >= 4 is 32.3 Å². The molecule has 0 spiro atoms. The van der Waals surface area contributed by atoms with Gasteiger partial charge in [0.2, 0.25) is 0 Å². The van der Waals surface area contributed by atoms with Crippen molar-refractivity contribution in [1.82, 2.24) is 15.0 Å². The fourth-order valence-electron chi connectivity index (χ4n) is 5.14. The van der Waals surface area contributed by atoms with Gasteiger partial charge >= 0.3 is 0 Å². The third-order valence-electron chi connectivity index (χ3n) is 6.95. The van der Waals surface area contributed by atoms with Crippen molar-refractivity contribution in [2.75, 3.05) is 0 Å². The Balaban J connectivity index is 1.54. The first kappa shape index (κ1) is 22.7. The van der Waals surface area contributed by atoms with Gasteiger partial charge in [0, 0.05) is 16.7 Å². The van der Waals surface area contributed by atoms with Gasteiger partial charge in [-0.15, -0.1) is 0 Å². The van der Waals surface area contributed by atoms with Crippen LogP contribution in [0.5, 0.6) is 17.2 Å². The van der Waals surface area contributed by atoms with Crippen LogP contribution >= 0.6 is 0 Å². The highest BCUT2D eigenvalue weighted by Gasteiger charge is 2.17. The van der Waals surface area contributed by atoms with Crippen molar-refractivity contribution < 1.29 is 15.3 Å². The minimum Gasteiger partial charge on any atom is -0.508 e. The van der Waals surface area contributed by atoms with E-state index in [0.29, 0.717) is 17.5 Å². The number of phenolic OH excluding ortho intramolecular Hbond substituents is 3. The van der Waals surface area contributed by atoms with E-state index in [2.05, 4.69) is 0 Å². The summed E-state index contributed by atoms with van der Waals surface area (Å²) in [5, 5.41) is 35.5. The van der Waals surface area contributed by atoms with Gasteiger partial charge in [0.25, 0.3) is 0 Å². The molecule has 0 aliphatic carbocycles. The molecule has 1 heterocycles. The van der Waals surface area contributed by atoms with Crippen molar-refractivity contribution in [3.8, 4) is 51.4 Å². The van der Waals surface area contributed by atoms with Crippen LogP contribution in [0, 0.1) is 0 Å². The summed E-state index contributed by atoms with van der Waals surface area (Å²) >= 11 is 0. The van der Waals surface area contributed by atoms with E-state index >= 15 is 0 Å². The highest BCUT2D eigenvalue weighted by Crippen LogP contribution is 2.35. The van der Waals surface area contributed by atoms with Crippen molar-refractivity contribution in [3.05, 3.63) is 109 Å². The minimum atomic E-state index is 0.190. The molecule has 0 atom stereocenters. The normalized spacial score (nSPS) is 11.4. The Kier molecular flexibility index (Phi) is 5.13. The zero-order chi connectivity index (χ0) is 26.5. The summed E-state index contributed by atoms with van der Waals surface area (Å²) in [6.45, 7) is 0. The number of aromatic nitrogens is 3. The Bertz CT molecular complexity index is 1820.